The van der Waals surface area contributed by atoms with Gasteiger partial charge in [-0.25, -0.2) is 0 Å². The van der Waals surface area contributed by atoms with Gasteiger partial charge in [0.05, 0.1) is 0 Å². The second-order valence-corrected chi connectivity index (χ2v) is 5.07. The van der Waals surface area contributed by atoms with E-state index in [0.29, 0.717) is 0 Å². The summed E-state index contributed by atoms with van der Waals surface area (Å²) >= 11 is 0. The first kappa shape index (κ1) is 10.2. The average molecular weight is 203 g/mol. The summed E-state index contributed by atoms with van der Waals surface area (Å²) in [5.41, 5.74) is 2.55. The Morgan fingerprint density at radius 1 is 1.33 bits per heavy atom. The van der Waals surface area contributed by atoms with Gasteiger partial charge in [0.25, 0.3) is 0 Å². The highest BCUT2D eigenvalue weighted by Gasteiger charge is 2.31. The van der Waals surface area contributed by atoms with Gasteiger partial charge in [-0.1, -0.05) is 32.0 Å². The van der Waals surface area contributed by atoms with E-state index in [-0.39, 0.29) is 11.3 Å². The van der Waals surface area contributed by atoms with E-state index in [1.807, 2.05) is 23.1 Å². The van der Waals surface area contributed by atoms with E-state index >= 15 is 0 Å². The van der Waals surface area contributed by atoms with Crippen LogP contribution >= 0.6 is 0 Å². The van der Waals surface area contributed by atoms with Crippen LogP contribution in [0.4, 0.5) is 5.69 Å². The molecule has 1 heterocycles. The Hall–Kier alpha value is -1.31. The van der Waals surface area contributed by atoms with Crippen LogP contribution in [0.5, 0.6) is 0 Å². The standard InChI is InChI=1S/C13H17NO/c1-10(15)14-9-13(2,3)8-11-6-4-5-7-12(11)14/h4-7H,8-9H2,1-3H3. The number of fused-ring (bicyclic) bond motifs is 1. The molecule has 0 fully saturated rings. The molecule has 2 heteroatoms. The summed E-state index contributed by atoms with van der Waals surface area (Å²) < 4.78 is 0. The average Bonchev–Trinajstić information content (AvgIpc) is 2.14. The number of hydrogen-bond acceptors (Lipinski definition) is 1. The van der Waals surface area contributed by atoms with Crippen LogP contribution in [0.15, 0.2) is 24.3 Å². The lowest BCUT2D eigenvalue weighted by atomic mass is 9.81. The third-order valence-electron chi connectivity index (χ3n) is 2.92. The van der Waals surface area contributed by atoms with Crippen LogP contribution in [0.25, 0.3) is 0 Å². The first-order valence-electron chi connectivity index (χ1n) is 5.36. The van der Waals surface area contributed by atoms with Gasteiger partial charge in [0.1, 0.15) is 0 Å². The Morgan fingerprint density at radius 2 is 2.00 bits per heavy atom. The molecule has 0 aliphatic carbocycles. The van der Waals surface area contributed by atoms with Gasteiger partial charge < -0.3 is 4.90 Å². The summed E-state index contributed by atoms with van der Waals surface area (Å²) in [6.45, 7) is 6.87. The number of anilines is 1. The summed E-state index contributed by atoms with van der Waals surface area (Å²) in [7, 11) is 0. The Morgan fingerprint density at radius 3 is 2.67 bits per heavy atom. The highest BCUT2D eigenvalue weighted by Crippen LogP contribution is 2.35. The van der Waals surface area contributed by atoms with Gasteiger partial charge in [0.15, 0.2) is 0 Å². The first-order valence-corrected chi connectivity index (χ1v) is 5.36. The largest absolute Gasteiger partial charge is 0.312 e. The van der Waals surface area contributed by atoms with Crippen molar-refractivity contribution in [2.75, 3.05) is 11.4 Å². The summed E-state index contributed by atoms with van der Waals surface area (Å²) in [6.07, 6.45) is 1.05. The van der Waals surface area contributed by atoms with Crippen LogP contribution in [0, 0.1) is 5.41 Å². The third-order valence-corrected chi connectivity index (χ3v) is 2.92. The van der Waals surface area contributed by atoms with Crippen molar-refractivity contribution in [3.63, 3.8) is 0 Å². The Kier molecular flexibility index (Phi) is 2.29. The number of hydrogen-bond donors (Lipinski definition) is 0. The zero-order valence-electron chi connectivity index (χ0n) is 9.58. The molecule has 0 radical (unpaired) electrons. The summed E-state index contributed by atoms with van der Waals surface area (Å²) in [5.74, 6) is 0.134. The molecule has 0 N–H and O–H groups in total. The van der Waals surface area contributed by atoms with Crippen molar-refractivity contribution in [1.82, 2.24) is 0 Å². The molecule has 1 aliphatic heterocycles. The molecule has 0 spiro atoms. The molecule has 0 bridgehead atoms. The predicted octanol–water partition coefficient (Wildman–Crippen LogP) is 2.62. The highest BCUT2D eigenvalue weighted by atomic mass is 16.2. The topological polar surface area (TPSA) is 20.3 Å². The predicted molar refractivity (Wildman–Crippen MR) is 62.0 cm³/mol. The Balaban J connectivity index is 2.47. The van der Waals surface area contributed by atoms with Crippen molar-refractivity contribution in [1.29, 1.82) is 0 Å². The molecule has 0 saturated heterocycles. The highest BCUT2D eigenvalue weighted by molar-refractivity contribution is 5.93. The lowest BCUT2D eigenvalue weighted by Crippen LogP contribution is -2.42. The van der Waals surface area contributed by atoms with E-state index < -0.39 is 0 Å². The summed E-state index contributed by atoms with van der Waals surface area (Å²) in [4.78, 5) is 13.5. The maximum Gasteiger partial charge on any atom is 0.223 e. The Labute approximate surface area is 90.9 Å². The zero-order chi connectivity index (χ0) is 11.1. The third kappa shape index (κ3) is 1.89. The zero-order valence-corrected chi connectivity index (χ0v) is 9.58. The lowest BCUT2D eigenvalue weighted by molar-refractivity contribution is -0.117. The van der Waals surface area contributed by atoms with Gasteiger partial charge in [0.2, 0.25) is 5.91 Å². The van der Waals surface area contributed by atoms with Gasteiger partial charge in [-0.05, 0) is 23.5 Å². The van der Waals surface area contributed by atoms with E-state index in [2.05, 4.69) is 19.9 Å². The summed E-state index contributed by atoms with van der Waals surface area (Å²) in [5, 5.41) is 0. The molecule has 0 aromatic heterocycles. The number of carbonyl (C=O) groups is 1. The minimum atomic E-state index is 0.134. The maximum atomic E-state index is 11.6. The fourth-order valence-corrected chi connectivity index (χ4v) is 2.29. The molecule has 1 aromatic rings. The van der Waals surface area contributed by atoms with Crippen LogP contribution in [0.3, 0.4) is 0 Å². The molecule has 0 unspecified atom stereocenters. The van der Waals surface area contributed by atoms with Gasteiger partial charge in [-0.3, -0.25) is 4.79 Å². The van der Waals surface area contributed by atoms with Gasteiger partial charge in [-0.2, -0.15) is 0 Å². The number of nitrogens with zero attached hydrogens (tertiary/aromatic N) is 1. The fraction of sp³-hybridized carbons (Fsp3) is 0.462. The molecule has 1 aliphatic rings. The van der Waals surface area contributed by atoms with Gasteiger partial charge in [-0.15, -0.1) is 0 Å². The van der Waals surface area contributed by atoms with E-state index in [0.717, 1.165) is 18.7 Å². The van der Waals surface area contributed by atoms with Crippen molar-refractivity contribution < 1.29 is 4.79 Å². The fourth-order valence-electron chi connectivity index (χ4n) is 2.29. The van der Waals surface area contributed by atoms with Crippen LogP contribution < -0.4 is 4.90 Å². The smallest absolute Gasteiger partial charge is 0.223 e. The molecule has 1 aromatic carbocycles. The molecule has 0 atom stereocenters. The minimum Gasteiger partial charge on any atom is -0.312 e. The first-order chi connectivity index (χ1) is 6.99. The number of benzene rings is 1. The maximum absolute atomic E-state index is 11.6. The van der Waals surface area contributed by atoms with Gasteiger partial charge >= 0.3 is 0 Å². The molecule has 1 amide bonds. The van der Waals surface area contributed by atoms with E-state index in [1.54, 1.807) is 6.92 Å². The van der Waals surface area contributed by atoms with Crippen LogP contribution in [-0.4, -0.2) is 12.5 Å². The monoisotopic (exact) mass is 203 g/mol. The quantitative estimate of drug-likeness (QED) is 0.634. The Bertz CT molecular complexity index is 395. The van der Waals surface area contributed by atoms with Crippen molar-refractivity contribution in [2.45, 2.75) is 27.2 Å². The van der Waals surface area contributed by atoms with E-state index in [4.69, 9.17) is 0 Å². The normalized spacial score (nSPS) is 18.5. The molecular weight excluding hydrogens is 186 g/mol. The summed E-state index contributed by atoms with van der Waals surface area (Å²) in [6, 6.07) is 8.18. The van der Waals surface area contributed by atoms with Crippen LogP contribution in [0.2, 0.25) is 0 Å². The number of amides is 1. The molecule has 2 rings (SSSR count). The van der Waals surface area contributed by atoms with Crippen LogP contribution in [0.1, 0.15) is 26.3 Å². The number of rotatable bonds is 0. The molecule has 15 heavy (non-hydrogen) atoms. The van der Waals surface area contributed by atoms with E-state index in [1.165, 1.54) is 5.56 Å². The SMILES string of the molecule is CC(=O)N1CC(C)(C)Cc2ccccc21. The molecular formula is C13H17NO. The van der Waals surface area contributed by atoms with Crippen molar-refractivity contribution in [3.8, 4) is 0 Å². The minimum absolute atomic E-state index is 0.134. The molecule has 80 valence electrons. The van der Waals surface area contributed by atoms with Crippen molar-refractivity contribution >= 4 is 11.6 Å². The number of para-hydroxylation sites is 1. The molecule has 2 nitrogen and oxygen atoms in total. The number of carbonyl (C=O) groups excluding carboxylic acids is 1. The van der Waals surface area contributed by atoms with Crippen LogP contribution in [-0.2, 0) is 11.2 Å². The van der Waals surface area contributed by atoms with Gasteiger partial charge in [0, 0.05) is 19.2 Å². The molecule has 0 saturated carbocycles. The lowest BCUT2D eigenvalue weighted by Gasteiger charge is -2.39. The van der Waals surface area contributed by atoms with E-state index in [9.17, 15) is 4.79 Å². The van der Waals surface area contributed by atoms with Crippen molar-refractivity contribution in [3.05, 3.63) is 29.8 Å². The van der Waals surface area contributed by atoms with Crippen molar-refractivity contribution in [2.24, 2.45) is 5.41 Å². The second-order valence-electron chi connectivity index (χ2n) is 5.07. The second kappa shape index (κ2) is 3.37.